The lowest BCUT2D eigenvalue weighted by atomic mass is 10.2. The largest absolute Gasteiger partial charge is 0.346 e. The zero-order valence-electron chi connectivity index (χ0n) is 11.1. The zero-order chi connectivity index (χ0) is 12.6. The quantitative estimate of drug-likeness (QED) is 0.919. The van der Waals surface area contributed by atoms with Gasteiger partial charge in [-0.05, 0) is 26.7 Å². The Labute approximate surface area is 117 Å². The van der Waals surface area contributed by atoms with Gasteiger partial charge in [-0.15, -0.1) is 11.3 Å². The van der Waals surface area contributed by atoms with E-state index in [9.17, 15) is 0 Å². The Kier molecular flexibility index (Phi) is 3.56. The normalized spacial score (nSPS) is 23.3. The molecule has 0 unspecified atom stereocenters. The number of aromatic nitrogens is 1. The maximum absolute atomic E-state index is 4.60. The van der Waals surface area contributed by atoms with E-state index in [-0.39, 0.29) is 0 Å². The summed E-state index contributed by atoms with van der Waals surface area (Å²) >= 11 is 3.92. The minimum atomic E-state index is 0.357. The van der Waals surface area contributed by atoms with Gasteiger partial charge >= 0.3 is 0 Å². The minimum absolute atomic E-state index is 0.357. The third-order valence-corrected chi connectivity index (χ3v) is 5.74. The molecule has 5 heteroatoms. The van der Waals surface area contributed by atoms with Crippen LogP contribution in [0.3, 0.4) is 0 Å². The van der Waals surface area contributed by atoms with Gasteiger partial charge in [0.15, 0.2) is 5.13 Å². The van der Waals surface area contributed by atoms with Crippen molar-refractivity contribution in [2.45, 2.75) is 44.0 Å². The highest BCUT2D eigenvalue weighted by Gasteiger charge is 2.28. The molecule has 2 fully saturated rings. The summed E-state index contributed by atoms with van der Waals surface area (Å²) < 4.78 is 0.357. The fourth-order valence-electron chi connectivity index (χ4n) is 2.24. The van der Waals surface area contributed by atoms with Crippen LogP contribution in [0.1, 0.15) is 31.6 Å². The van der Waals surface area contributed by atoms with E-state index in [4.69, 9.17) is 0 Å². The summed E-state index contributed by atoms with van der Waals surface area (Å²) in [7, 11) is 0. The third kappa shape index (κ3) is 3.19. The van der Waals surface area contributed by atoms with Crippen LogP contribution >= 0.6 is 23.1 Å². The van der Waals surface area contributed by atoms with E-state index >= 15 is 0 Å². The van der Waals surface area contributed by atoms with Gasteiger partial charge in [0.05, 0.1) is 0 Å². The van der Waals surface area contributed by atoms with Crippen LogP contribution in [-0.4, -0.2) is 34.6 Å². The molecule has 1 aromatic heterocycles. The highest BCUT2D eigenvalue weighted by molar-refractivity contribution is 8.00. The summed E-state index contributed by atoms with van der Waals surface area (Å²) in [5.74, 6) is 1.21. The molecule has 1 saturated carbocycles. The second kappa shape index (κ2) is 5.02. The van der Waals surface area contributed by atoms with E-state index in [0.29, 0.717) is 4.75 Å². The minimum Gasteiger partial charge on any atom is -0.346 e. The molecule has 1 aromatic rings. The molecule has 3 nitrogen and oxygen atoms in total. The predicted molar refractivity (Wildman–Crippen MR) is 80.7 cm³/mol. The smallest absolute Gasteiger partial charge is 0.185 e. The number of hydrogen-bond acceptors (Lipinski definition) is 5. The van der Waals surface area contributed by atoms with Gasteiger partial charge in [0.2, 0.25) is 0 Å². The van der Waals surface area contributed by atoms with Gasteiger partial charge < -0.3 is 10.2 Å². The first-order chi connectivity index (χ1) is 8.62. The molecule has 0 amide bonds. The second-order valence-electron chi connectivity index (χ2n) is 5.79. The first-order valence-electron chi connectivity index (χ1n) is 6.69. The van der Waals surface area contributed by atoms with Crippen molar-refractivity contribution in [2.75, 3.05) is 23.7 Å². The number of thioether (sulfide) groups is 1. The predicted octanol–water partition coefficient (Wildman–Crippen LogP) is 2.73. The van der Waals surface area contributed by atoms with Gasteiger partial charge in [-0.25, -0.2) is 4.98 Å². The third-order valence-electron chi connectivity index (χ3n) is 3.38. The van der Waals surface area contributed by atoms with Gasteiger partial charge in [-0.2, -0.15) is 11.8 Å². The van der Waals surface area contributed by atoms with Crippen molar-refractivity contribution in [3.05, 3.63) is 11.1 Å². The fourth-order valence-corrected chi connectivity index (χ4v) is 4.23. The van der Waals surface area contributed by atoms with Crippen molar-refractivity contribution >= 4 is 28.2 Å². The monoisotopic (exact) mass is 283 g/mol. The lowest BCUT2D eigenvalue weighted by Gasteiger charge is -2.37. The van der Waals surface area contributed by atoms with Gasteiger partial charge in [0.25, 0.3) is 0 Å². The van der Waals surface area contributed by atoms with E-state index in [2.05, 4.69) is 40.8 Å². The van der Waals surface area contributed by atoms with E-state index in [1.807, 2.05) is 17.5 Å². The number of anilines is 1. The van der Waals surface area contributed by atoms with Crippen LogP contribution in [0, 0.1) is 0 Å². The van der Waals surface area contributed by atoms with Crippen molar-refractivity contribution in [3.63, 3.8) is 0 Å². The summed E-state index contributed by atoms with van der Waals surface area (Å²) in [5.41, 5.74) is 0. The number of nitrogens with zero attached hydrogens (tertiary/aromatic N) is 2. The van der Waals surface area contributed by atoms with Gasteiger partial charge in [-0.3, -0.25) is 0 Å². The molecule has 1 aliphatic heterocycles. The molecule has 100 valence electrons. The zero-order valence-corrected chi connectivity index (χ0v) is 12.7. The van der Waals surface area contributed by atoms with Crippen molar-refractivity contribution < 1.29 is 0 Å². The Morgan fingerprint density at radius 3 is 3.06 bits per heavy atom. The molecule has 2 heterocycles. The molecular formula is C13H21N3S2. The molecule has 1 saturated heterocycles. The van der Waals surface area contributed by atoms with Crippen molar-refractivity contribution in [1.29, 1.82) is 0 Å². The summed E-state index contributed by atoms with van der Waals surface area (Å²) in [5, 5.41) is 4.76. The van der Waals surface area contributed by atoms with Crippen LogP contribution in [-0.2, 0) is 6.54 Å². The average molecular weight is 283 g/mol. The Morgan fingerprint density at radius 2 is 2.33 bits per heavy atom. The number of thiazole rings is 1. The van der Waals surface area contributed by atoms with E-state index in [1.165, 1.54) is 28.6 Å². The molecule has 0 radical (unpaired) electrons. The maximum atomic E-state index is 4.60. The molecule has 3 rings (SSSR count). The van der Waals surface area contributed by atoms with Gasteiger partial charge in [0.1, 0.15) is 0 Å². The molecule has 0 aromatic carbocycles. The first-order valence-corrected chi connectivity index (χ1v) is 8.50. The maximum Gasteiger partial charge on any atom is 0.185 e. The summed E-state index contributed by atoms with van der Waals surface area (Å²) in [4.78, 5) is 8.41. The standard InChI is InChI=1S/C13H21N3S2/c1-13(2)9-16(5-6-17-13)12-15-8-11(18-12)7-14-10-3-4-10/h8,10,14H,3-7,9H2,1-2H3. The SMILES string of the molecule is CC1(C)CN(c2ncc(CNC3CC3)s2)CCS1. The average Bonchev–Trinajstić information content (AvgIpc) is 3.02. The van der Waals surface area contributed by atoms with Crippen molar-refractivity contribution in [1.82, 2.24) is 10.3 Å². The molecule has 0 atom stereocenters. The lowest BCUT2D eigenvalue weighted by molar-refractivity contribution is 0.646. The van der Waals surface area contributed by atoms with Crippen molar-refractivity contribution in [2.24, 2.45) is 0 Å². The van der Waals surface area contributed by atoms with Gasteiger partial charge in [0, 0.05) is 47.2 Å². The van der Waals surface area contributed by atoms with Crippen LogP contribution in [0.25, 0.3) is 0 Å². The Hall–Kier alpha value is -0.260. The van der Waals surface area contributed by atoms with Crippen LogP contribution in [0.5, 0.6) is 0 Å². The van der Waals surface area contributed by atoms with Crippen LogP contribution in [0.15, 0.2) is 6.20 Å². The van der Waals surface area contributed by atoms with E-state index in [0.717, 1.165) is 25.7 Å². The number of rotatable bonds is 4. The van der Waals surface area contributed by atoms with Gasteiger partial charge in [-0.1, -0.05) is 0 Å². The van der Waals surface area contributed by atoms with E-state index in [1.54, 1.807) is 0 Å². The number of nitrogens with one attached hydrogen (secondary N) is 1. The first kappa shape index (κ1) is 12.8. The van der Waals surface area contributed by atoms with Crippen LogP contribution < -0.4 is 10.2 Å². The highest BCUT2D eigenvalue weighted by atomic mass is 32.2. The van der Waals surface area contributed by atoms with Crippen LogP contribution in [0.2, 0.25) is 0 Å². The molecule has 1 aliphatic carbocycles. The molecular weight excluding hydrogens is 262 g/mol. The Bertz CT molecular complexity index is 412. The second-order valence-corrected chi connectivity index (χ2v) is 8.69. The molecule has 2 aliphatic rings. The topological polar surface area (TPSA) is 28.2 Å². The molecule has 18 heavy (non-hydrogen) atoms. The van der Waals surface area contributed by atoms with Crippen molar-refractivity contribution in [3.8, 4) is 0 Å². The molecule has 0 bridgehead atoms. The number of hydrogen-bond donors (Lipinski definition) is 1. The highest BCUT2D eigenvalue weighted by Crippen LogP contribution is 2.33. The van der Waals surface area contributed by atoms with Crippen LogP contribution in [0.4, 0.5) is 5.13 Å². The molecule has 0 spiro atoms. The molecule has 1 N–H and O–H groups in total. The Morgan fingerprint density at radius 1 is 1.50 bits per heavy atom. The summed E-state index contributed by atoms with van der Waals surface area (Å²) in [6, 6.07) is 0.779. The summed E-state index contributed by atoms with van der Waals surface area (Å²) in [6.45, 7) is 7.89. The lowest BCUT2D eigenvalue weighted by Crippen LogP contribution is -2.43. The fraction of sp³-hybridized carbons (Fsp3) is 0.769. The van der Waals surface area contributed by atoms with E-state index < -0.39 is 0 Å². The Balaban J connectivity index is 1.60. The summed E-state index contributed by atoms with van der Waals surface area (Å²) in [6.07, 6.45) is 4.75.